The fraction of sp³-hybridized carbons (Fsp3) is 0.727. The van der Waals surface area contributed by atoms with Crippen LogP contribution in [-0.2, 0) is 11.2 Å². The predicted molar refractivity (Wildman–Crippen MR) is 71.8 cm³/mol. The Morgan fingerprint density at radius 3 is 2.67 bits per heavy atom. The van der Waals surface area contributed by atoms with Crippen LogP contribution in [0.2, 0.25) is 0 Å². The number of piperazine rings is 1. The molecule has 1 fully saturated rings. The van der Waals surface area contributed by atoms with Gasteiger partial charge in [-0.2, -0.15) is 4.37 Å². The fourth-order valence-electron chi connectivity index (χ4n) is 1.95. The Morgan fingerprint density at radius 2 is 2.11 bits per heavy atom. The number of nitrogens with zero attached hydrogens (tertiary/aromatic N) is 4. The second kappa shape index (κ2) is 6.10. The van der Waals surface area contributed by atoms with E-state index in [4.69, 9.17) is 5.73 Å². The molecule has 100 valence electrons. The summed E-state index contributed by atoms with van der Waals surface area (Å²) in [6.45, 7) is 5.63. The Labute approximate surface area is 111 Å². The van der Waals surface area contributed by atoms with Crippen molar-refractivity contribution in [1.29, 1.82) is 0 Å². The van der Waals surface area contributed by atoms with Gasteiger partial charge < -0.3 is 15.5 Å². The third-order valence-electron chi connectivity index (χ3n) is 3.03. The molecule has 0 bridgehead atoms. The number of nitrogens with two attached hydrogens (primary N) is 1. The monoisotopic (exact) mass is 269 g/mol. The summed E-state index contributed by atoms with van der Waals surface area (Å²) in [7, 11) is 0. The van der Waals surface area contributed by atoms with Crippen LogP contribution in [0.5, 0.6) is 0 Å². The van der Waals surface area contributed by atoms with Gasteiger partial charge in [0.15, 0.2) is 0 Å². The predicted octanol–water partition coefficient (Wildman–Crippen LogP) is 0.0979. The molecule has 0 spiro atoms. The lowest BCUT2D eigenvalue weighted by Gasteiger charge is -2.34. The average molecular weight is 269 g/mol. The van der Waals surface area contributed by atoms with Gasteiger partial charge in [0.1, 0.15) is 5.82 Å². The number of rotatable bonds is 4. The van der Waals surface area contributed by atoms with Crippen LogP contribution in [0.3, 0.4) is 0 Å². The highest BCUT2D eigenvalue weighted by atomic mass is 32.1. The number of carbonyl (C=O) groups is 1. The summed E-state index contributed by atoms with van der Waals surface area (Å²) in [4.78, 5) is 20.2. The normalized spacial score (nSPS) is 16.1. The van der Waals surface area contributed by atoms with Crippen LogP contribution >= 0.6 is 11.5 Å². The first-order chi connectivity index (χ1) is 8.74. The molecule has 0 aliphatic carbocycles. The van der Waals surface area contributed by atoms with Crippen molar-refractivity contribution in [2.24, 2.45) is 5.73 Å². The number of aryl methyl sites for hydroxylation is 1. The lowest BCUT2D eigenvalue weighted by atomic mass is 10.3. The standard InChI is InChI=1S/C11H19N5OS/c1-2-9-13-11(18-14-9)16-7-5-15(6-8-16)10(17)3-4-12/h2-8,12H2,1H3. The van der Waals surface area contributed by atoms with Crippen molar-refractivity contribution >= 4 is 22.6 Å². The molecule has 0 atom stereocenters. The molecule has 18 heavy (non-hydrogen) atoms. The minimum absolute atomic E-state index is 0.156. The molecule has 1 aromatic heterocycles. The van der Waals surface area contributed by atoms with E-state index in [9.17, 15) is 4.79 Å². The third kappa shape index (κ3) is 2.97. The zero-order valence-electron chi connectivity index (χ0n) is 10.6. The first-order valence-corrected chi connectivity index (χ1v) is 7.07. The van der Waals surface area contributed by atoms with Gasteiger partial charge in [0.25, 0.3) is 0 Å². The van der Waals surface area contributed by atoms with Gasteiger partial charge in [0.2, 0.25) is 11.0 Å². The Hall–Kier alpha value is -1.21. The zero-order chi connectivity index (χ0) is 13.0. The second-order valence-corrected chi connectivity index (χ2v) is 4.98. The van der Waals surface area contributed by atoms with Gasteiger partial charge in [-0.3, -0.25) is 4.79 Å². The molecular formula is C11H19N5OS. The van der Waals surface area contributed by atoms with Crippen molar-refractivity contribution in [3.8, 4) is 0 Å². The van der Waals surface area contributed by atoms with E-state index in [1.807, 2.05) is 4.90 Å². The summed E-state index contributed by atoms with van der Waals surface area (Å²) in [5.74, 6) is 1.06. The molecule has 2 rings (SSSR count). The maximum Gasteiger partial charge on any atom is 0.223 e. The number of hydrogen-bond acceptors (Lipinski definition) is 6. The van der Waals surface area contributed by atoms with Gasteiger partial charge in [-0.25, -0.2) is 4.98 Å². The molecule has 0 saturated carbocycles. The number of aromatic nitrogens is 2. The molecule has 1 amide bonds. The smallest absolute Gasteiger partial charge is 0.223 e. The molecule has 0 unspecified atom stereocenters. The Balaban J connectivity index is 1.88. The molecule has 1 aromatic rings. The van der Waals surface area contributed by atoms with Crippen molar-refractivity contribution in [1.82, 2.24) is 14.3 Å². The summed E-state index contributed by atoms with van der Waals surface area (Å²) in [5, 5.41) is 0.970. The van der Waals surface area contributed by atoms with Crippen molar-refractivity contribution < 1.29 is 4.79 Å². The fourth-order valence-corrected chi connectivity index (χ4v) is 2.75. The first kappa shape index (κ1) is 13.2. The van der Waals surface area contributed by atoms with E-state index in [2.05, 4.69) is 21.2 Å². The molecule has 1 aliphatic rings. The van der Waals surface area contributed by atoms with E-state index < -0.39 is 0 Å². The van der Waals surface area contributed by atoms with Crippen molar-refractivity contribution in [2.45, 2.75) is 19.8 Å². The van der Waals surface area contributed by atoms with Gasteiger partial charge in [-0.15, -0.1) is 0 Å². The molecule has 2 N–H and O–H groups in total. The van der Waals surface area contributed by atoms with Crippen LogP contribution in [0.4, 0.5) is 5.13 Å². The highest BCUT2D eigenvalue weighted by Gasteiger charge is 2.22. The van der Waals surface area contributed by atoms with Gasteiger partial charge in [-0.1, -0.05) is 6.92 Å². The number of anilines is 1. The zero-order valence-corrected chi connectivity index (χ0v) is 11.4. The van der Waals surface area contributed by atoms with Crippen molar-refractivity contribution in [3.63, 3.8) is 0 Å². The van der Waals surface area contributed by atoms with E-state index >= 15 is 0 Å². The lowest BCUT2D eigenvalue weighted by molar-refractivity contribution is -0.131. The van der Waals surface area contributed by atoms with Crippen LogP contribution in [0.1, 0.15) is 19.2 Å². The average Bonchev–Trinajstić information content (AvgIpc) is 2.88. The SMILES string of the molecule is CCc1nsc(N2CCN(C(=O)CCN)CC2)n1. The maximum absolute atomic E-state index is 11.7. The number of hydrogen-bond donors (Lipinski definition) is 1. The molecule has 0 aromatic carbocycles. The minimum atomic E-state index is 0.156. The Morgan fingerprint density at radius 1 is 1.39 bits per heavy atom. The summed E-state index contributed by atoms with van der Waals surface area (Å²) in [6.07, 6.45) is 1.31. The first-order valence-electron chi connectivity index (χ1n) is 6.30. The molecule has 1 saturated heterocycles. The topological polar surface area (TPSA) is 75.4 Å². The molecule has 7 heteroatoms. The van der Waals surface area contributed by atoms with Crippen LogP contribution in [0, 0.1) is 0 Å². The largest absolute Gasteiger partial charge is 0.343 e. The van der Waals surface area contributed by atoms with Crippen LogP contribution in [-0.4, -0.2) is 52.9 Å². The summed E-state index contributed by atoms with van der Waals surface area (Å²) in [5.41, 5.74) is 5.40. The van der Waals surface area contributed by atoms with Crippen LogP contribution in [0.15, 0.2) is 0 Å². The molecule has 2 heterocycles. The number of carbonyl (C=O) groups excluding carboxylic acids is 1. The third-order valence-corrected chi connectivity index (χ3v) is 3.85. The summed E-state index contributed by atoms with van der Waals surface area (Å²) >= 11 is 1.44. The second-order valence-electron chi connectivity index (χ2n) is 4.25. The van der Waals surface area contributed by atoms with Gasteiger partial charge in [-0.05, 0) is 0 Å². The maximum atomic E-state index is 11.7. The highest BCUT2D eigenvalue weighted by Crippen LogP contribution is 2.19. The van der Waals surface area contributed by atoms with Crippen LogP contribution < -0.4 is 10.6 Å². The van der Waals surface area contributed by atoms with E-state index in [0.29, 0.717) is 13.0 Å². The molecule has 6 nitrogen and oxygen atoms in total. The summed E-state index contributed by atoms with van der Waals surface area (Å²) < 4.78 is 4.29. The van der Waals surface area contributed by atoms with Gasteiger partial charge in [0, 0.05) is 57.1 Å². The molecule has 0 radical (unpaired) electrons. The lowest BCUT2D eigenvalue weighted by Crippen LogP contribution is -2.49. The van der Waals surface area contributed by atoms with Gasteiger partial charge >= 0.3 is 0 Å². The molecule has 1 aliphatic heterocycles. The van der Waals surface area contributed by atoms with E-state index in [0.717, 1.165) is 43.6 Å². The quantitative estimate of drug-likeness (QED) is 0.839. The van der Waals surface area contributed by atoms with Crippen molar-refractivity contribution in [2.75, 3.05) is 37.6 Å². The summed E-state index contributed by atoms with van der Waals surface area (Å²) in [6, 6.07) is 0. The Kier molecular flexibility index (Phi) is 4.48. The van der Waals surface area contributed by atoms with E-state index in [1.165, 1.54) is 11.5 Å². The van der Waals surface area contributed by atoms with Gasteiger partial charge in [0.05, 0.1) is 0 Å². The number of amides is 1. The van der Waals surface area contributed by atoms with Crippen LogP contribution in [0.25, 0.3) is 0 Å². The minimum Gasteiger partial charge on any atom is -0.343 e. The Bertz CT molecular complexity index is 400. The van der Waals surface area contributed by atoms with E-state index in [1.54, 1.807) is 0 Å². The highest BCUT2D eigenvalue weighted by molar-refractivity contribution is 7.09. The molecular weight excluding hydrogens is 250 g/mol. The van der Waals surface area contributed by atoms with Crippen molar-refractivity contribution in [3.05, 3.63) is 5.82 Å². The van der Waals surface area contributed by atoms with E-state index in [-0.39, 0.29) is 5.91 Å².